The third-order valence-electron chi connectivity index (χ3n) is 5.29. The summed E-state index contributed by atoms with van der Waals surface area (Å²) in [6, 6.07) is 12.5. The SMILES string of the molecule is CC[C@@H]1Oc2ccc(NC(=O)c3cccnc3Cl)cc2CN(Cc2ccc(F)cc2Cl)C1=O. The Morgan fingerprint density at radius 3 is 2.79 bits per heavy atom. The predicted octanol–water partition coefficient (Wildman–Crippen LogP) is 5.48. The molecule has 0 radical (unpaired) electrons. The number of fused-ring (bicyclic) bond motifs is 1. The van der Waals surface area contributed by atoms with E-state index in [-0.39, 0.29) is 34.7 Å². The summed E-state index contributed by atoms with van der Waals surface area (Å²) in [5, 5.41) is 3.15. The lowest BCUT2D eigenvalue weighted by molar-refractivity contribution is -0.139. The molecule has 1 N–H and O–H groups in total. The second-order valence-corrected chi connectivity index (χ2v) is 8.33. The summed E-state index contributed by atoms with van der Waals surface area (Å²) in [5.41, 5.74) is 2.11. The number of carbonyl (C=O) groups excluding carboxylic acids is 2. The van der Waals surface area contributed by atoms with E-state index < -0.39 is 17.8 Å². The van der Waals surface area contributed by atoms with E-state index in [1.165, 1.54) is 18.3 Å². The molecule has 170 valence electrons. The fourth-order valence-electron chi connectivity index (χ4n) is 3.59. The lowest BCUT2D eigenvalue weighted by Crippen LogP contribution is -2.38. The number of nitrogens with zero attached hydrogens (tertiary/aromatic N) is 2. The van der Waals surface area contributed by atoms with E-state index in [0.29, 0.717) is 29.0 Å². The molecule has 33 heavy (non-hydrogen) atoms. The van der Waals surface area contributed by atoms with Crippen LogP contribution in [-0.2, 0) is 17.9 Å². The van der Waals surface area contributed by atoms with Crippen molar-refractivity contribution in [1.29, 1.82) is 0 Å². The number of halogens is 3. The minimum atomic E-state index is -0.667. The lowest BCUT2D eigenvalue weighted by Gasteiger charge is -2.23. The first-order valence-corrected chi connectivity index (χ1v) is 11.1. The van der Waals surface area contributed by atoms with Crippen LogP contribution in [0.2, 0.25) is 10.2 Å². The number of hydrogen-bond donors (Lipinski definition) is 1. The van der Waals surface area contributed by atoms with Gasteiger partial charge >= 0.3 is 0 Å². The average Bonchev–Trinajstić information content (AvgIpc) is 2.92. The van der Waals surface area contributed by atoms with Gasteiger partial charge in [-0.15, -0.1) is 0 Å². The number of pyridine rings is 1. The number of ether oxygens (including phenoxy) is 1. The van der Waals surface area contributed by atoms with E-state index in [1.54, 1.807) is 41.3 Å². The number of hydrogen-bond acceptors (Lipinski definition) is 4. The fraction of sp³-hybridized carbons (Fsp3) is 0.208. The molecule has 2 aromatic carbocycles. The van der Waals surface area contributed by atoms with E-state index >= 15 is 0 Å². The van der Waals surface area contributed by atoms with Crippen molar-refractivity contribution in [2.75, 3.05) is 5.32 Å². The highest BCUT2D eigenvalue weighted by atomic mass is 35.5. The zero-order valence-electron chi connectivity index (χ0n) is 17.6. The van der Waals surface area contributed by atoms with Crippen LogP contribution in [0, 0.1) is 5.82 Å². The van der Waals surface area contributed by atoms with Crippen molar-refractivity contribution in [3.05, 3.63) is 87.4 Å². The largest absolute Gasteiger partial charge is 0.480 e. The van der Waals surface area contributed by atoms with Gasteiger partial charge in [-0.25, -0.2) is 9.37 Å². The fourth-order valence-corrected chi connectivity index (χ4v) is 4.02. The van der Waals surface area contributed by atoms with Crippen molar-refractivity contribution in [1.82, 2.24) is 9.88 Å². The molecule has 2 amide bonds. The third-order valence-corrected chi connectivity index (χ3v) is 5.94. The van der Waals surface area contributed by atoms with Gasteiger partial charge in [0.25, 0.3) is 11.8 Å². The lowest BCUT2D eigenvalue weighted by atomic mass is 10.1. The summed E-state index contributed by atoms with van der Waals surface area (Å²) >= 11 is 12.2. The molecule has 0 unspecified atom stereocenters. The Hall–Kier alpha value is -3.16. The zero-order valence-corrected chi connectivity index (χ0v) is 19.2. The second-order valence-electron chi connectivity index (χ2n) is 7.56. The quantitative estimate of drug-likeness (QED) is 0.483. The molecule has 9 heteroatoms. The van der Waals surface area contributed by atoms with Crippen molar-refractivity contribution >= 4 is 40.7 Å². The van der Waals surface area contributed by atoms with Crippen molar-refractivity contribution in [2.45, 2.75) is 32.5 Å². The van der Waals surface area contributed by atoms with Crippen molar-refractivity contribution < 1.29 is 18.7 Å². The minimum absolute atomic E-state index is 0.104. The van der Waals surface area contributed by atoms with Crippen LogP contribution in [0.15, 0.2) is 54.7 Å². The van der Waals surface area contributed by atoms with E-state index in [9.17, 15) is 14.0 Å². The Balaban J connectivity index is 1.61. The molecule has 1 atom stereocenters. The molecule has 0 saturated carbocycles. The predicted molar refractivity (Wildman–Crippen MR) is 124 cm³/mol. The van der Waals surface area contributed by atoms with E-state index in [1.807, 2.05) is 6.92 Å². The van der Waals surface area contributed by atoms with Crippen LogP contribution >= 0.6 is 23.2 Å². The monoisotopic (exact) mass is 487 g/mol. The van der Waals surface area contributed by atoms with Crippen LogP contribution in [0.3, 0.4) is 0 Å². The van der Waals surface area contributed by atoms with Crippen LogP contribution in [0.1, 0.15) is 34.8 Å². The average molecular weight is 488 g/mol. The smallest absolute Gasteiger partial charge is 0.264 e. The highest BCUT2D eigenvalue weighted by Gasteiger charge is 2.30. The van der Waals surface area contributed by atoms with Gasteiger partial charge in [0.15, 0.2) is 6.10 Å². The first-order chi connectivity index (χ1) is 15.9. The minimum Gasteiger partial charge on any atom is -0.480 e. The summed E-state index contributed by atoms with van der Waals surface area (Å²) in [5.74, 6) is -0.484. The number of anilines is 1. The van der Waals surface area contributed by atoms with Gasteiger partial charge in [-0.3, -0.25) is 9.59 Å². The van der Waals surface area contributed by atoms with Gasteiger partial charge in [0, 0.05) is 35.6 Å². The molecule has 0 saturated heterocycles. The number of benzene rings is 2. The highest BCUT2D eigenvalue weighted by molar-refractivity contribution is 6.33. The Kier molecular flexibility index (Phi) is 6.81. The summed E-state index contributed by atoms with van der Waals surface area (Å²) in [6.07, 6.45) is 1.31. The molecule has 0 bridgehead atoms. The van der Waals surface area contributed by atoms with Gasteiger partial charge in [-0.2, -0.15) is 0 Å². The van der Waals surface area contributed by atoms with E-state index in [0.717, 1.165) is 0 Å². The van der Waals surface area contributed by atoms with Crippen molar-refractivity contribution in [3.63, 3.8) is 0 Å². The zero-order chi connectivity index (χ0) is 23.5. The third kappa shape index (κ3) is 5.10. The molecular weight excluding hydrogens is 468 g/mol. The molecule has 4 rings (SSSR count). The van der Waals surface area contributed by atoms with Crippen LogP contribution < -0.4 is 10.1 Å². The normalized spacial score (nSPS) is 15.5. The van der Waals surface area contributed by atoms with Gasteiger partial charge in [-0.1, -0.05) is 36.2 Å². The van der Waals surface area contributed by atoms with Gasteiger partial charge < -0.3 is 15.0 Å². The van der Waals surface area contributed by atoms with Crippen LogP contribution in [-0.4, -0.2) is 27.8 Å². The molecule has 0 spiro atoms. The molecule has 0 fully saturated rings. The number of nitrogens with one attached hydrogen (secondary N) is 1. The van der Waals surface area contributed by atoms with Gasteiger partial charge in [0.1, 0.15) is 16.7 Å². The maximum absolute atomic E-state index is 13.4. The van der Waals surface area contributed by atoms with Crippen LogP contribution in [0.25, 0.3) is 0 Å². The van der Waals surface area contributed by atoms with Gasteiger partial charge in [-0.05, 0) is 54.4 Å². The maximum atomic E-state index is 13.4. The van der Waals surface area contributed by atoms with Gasteiger partial charge in [0.2, 0.25) is 0 Å². The maximum Gasteiger partial charge on any atom is 0.264 e. The molecule has 0 aliphatic carbocycles. The summed E-state index contributed by atoms with van der Waals surface area (Å²) in [6.45, 7) is 2.29. The number of rotatable bonds is 5. The summed E-state index contributed by atoms with van der Waals surface area (Å²) in [7, 11) is 0. The topological polar surface area (TPSA) is 71.5 Å². The molecular formula is C24H20Cl2FN3O3. The highest BCUT2D eigenvalue weighted by Crippen LogP contribution is 2.31. The van der Waals surface area contributed by atoms with Crippen LogP contribution in [0.4, 0.5) is 10.1 Å². The second kappa shape index (κ2) is 9.77. The van der Waals surface area contributed by atoms with E-state index in [2.05, 4.69) is 10.3 Å². The Morgan fingerprint density at radius 2 is 2.06 bits per heavy atom. The molecule has 1 aliphatic rings. The molecule has 1 aliphatic heterocycles. The molecule has 3 aromatic rings. The van der Waals surface area contributed by atoms with Gasteiger partial charge in [0.05, 0.1) is 5.56 Å². The van der Waals surface area contributed by atoms with E-state index in [4.69, 9.17) is 27.9 Å². The van der Waals surface area contributed by atoms with Crippen molar-refractivity contribution in [2.24, 2.45) is 0 Å². The molecule has 6 nitrogen and oxygen atoms in total. The molecule has 1 aromatic heterocycles. The summed E-state index contributed by atoms with van der Waals surface area (Å²) in [4.78, 5) is 31.3. The number of aromatic nitrogens is 1. The Bertz CT molecular complexity index is 1220. The van der Waals surface area contributed by atoms with Crippen molar-refractivity contribution in [3.8, 4) is 5.75 Å². The Labute approximate surface area is 200 Å². The first-order valence-electron chi connectivity index (χ1n) is 10.3. The molecule has 2 heterocycles. The summed E-state index contributed by atoms with van der Waals surface area (Å²) < 4.78 is 19.4. The first kappa shape index (κ1) is 23.0. The standard InChI is InChI=1S/C24H20Cl2FN3O3/c1-2-20-24(32)30(12-14-5-6-16(27)11-19(14)25)13-15-10-17(7-8-21(15)33-20)29-23(31)18-4-3-9-28-22(18)26/h3-11,20H,2,12-13H2,1H3,(H,29,31)/t20-/m0/s1. The van der Waals surface area contributed by atoms with Crippen LogP contribution in [0.5, 0.6) is 5.75 Å². The number of carbonyl (C=O) groups is 2. The Morgan fingerprint density at radius 1 is 1.24 bits per heavy atom. The number of amides is 2.